The van der Waals surface area contributed by atoms with Gasteiger partial charge in [0.2, 0.25) is 5.91 Å². The topological polar surface area (TPSA) is 84.4 Å². The second-order valence-electron chi connectivity index (χ2n) is 4.66. The number of nitrogens with two attached hydrogens (primary N) is 2. The molecule has 0 radical (unpaired) electrons. The molecule has 5 nitrogen and oxygen atoms in total. The fourth-order valence-corrected chi connectivity index (χ4v) is 2.58. The van der Waals surface area contributed by atoms with Crippen LogP contribution in [0, 0.1) is 5.92 Å². The molecule has 0 aromatic carbocycles. The third-order valence-corrected chi connectivity index (χ3v) is 3.62. The predicted octanol–water partition coefficient (Wildman–Crippen LogP) is -1.52. The van der Waals surface area contributed by atoms with E-state index in [1.165, 1.54) is 25.9 Å². The third-order valence-electron chi connectivity index (χ3n) is 3.62. The first-order chi connectivity index (χ1) is 7.16. The van der Waals surface area contributed by atoms with Gasteiger partial charge >= 0.3 is 0 Å². The fraction of sp³-hybridized carbons (Fsp3) is 0.900. The van der Waals surface area contributed by atoms with Crippen LogP contribution in [-0.2, 0) is 4.79 Å². The molecule has 3 heterocycles. The highest BCUT2D eigenvalue weighted by molar-refractivity contribution is 5.79. The number of nitrogens with one attached hydrogen (secondary N) is 1. The molecule has 2 bridgehead atoms. The predicted molar refractivity (Wildman–Crippen MR) is 58.1 cm³/mol. The standard InChI is InChI=1S/C10H20N4O/c11-8(10(12)15)5-13-9-6-14-3-1-7(9)2-4-14/h7-9,13H,1-6,11H2,(H2,12,15). The van der Waals surface area contributed by atoms with E-state index in [1.54, 1.807) is 0 Å². The van der Waals surface area contributed by atoms with Gasteiger partial charge in [0.05, 0.1) is 6.04 Å². The molecule has 0 aliphatic carbocycles. The van der Waals surface area contributed by atoms with Crippen LogP contribution < -0.4 is 16.8 Å². The summed E-state index contributed by atoms with van der Waals surface area (Å²) in [7, 11) is 0. The van der Waals surface area contributed by atoms with Crippen LogP contribution in [0.4, 0.5) is 0 Å². The molecule has 5 heteroatoms. The van der Waals surface area contributed by atoms with Crippen LogP contribution in [0.1, 0.15) is 12.8 Å². The Balaban J connectivity index is 1.78. The van der Waals surface area contributed by atoms with Gasteiger partial charge in [-0.3, -0.25) is 4.79 Å². The molecule has 3 fully saturated rings. The van der Waals surface area contributed by atoms with Crippen molar-refractivity contribution in [2.45, 2.75) is 24.9 Å². The molecule has 5 N–H and O–H groups in total. The molecule has 2 unspecified atom stereocenters. The van der Waals surface area contributed by atoms with E-state index in [1.807, 2.05) is 0 Å². The summed E-state index contributed by atoms with van der Waals surface area (Å²) in [5, 5.41) is 3.37. The second kappa shape index (κ2) is 4.47. The first-order valence-corrected chi connectivity index (χ1v) is 5.67. The fourth-order valence-electron chi connectivity index (χ4n) is 2.58. The van der Waals surface area contributed by atoms with Crippen molar-refractivity contribution in [2.24, 2.45) is 17.4 Å². The van der Waals surface area contributed by atoms with Gasteiger partial charge in [-0.25, -0.2) is 0 Å². The molecular weight excluding hydrogens is 192 g/mol. The average Bonchev–Trinajstić information content (AvgIpc) is 2.27. The van der Waals surface area contributed by atoms with E-state index in [9.17, 15) is 4.79 Å². The SMILES string of the molecule is NC(=O)C(N)CNC1CN2CCC1CC2. The molecule has 3 rings (SSSR count). The molecule has 86 valence electrons. The van der Waals surface area contributed by atoms with Gasteiger partial charge < -0.3 is 21.7 Å². The van der Waals surface area contributed by atoms with Crippen molar-refractivity contribution in [1.82, 2.24) is 10.2 Å². The van der Waals surface area contributed by atoms with Gasteiger partial charge in [-0.05, 0) is 31.8 Å². The molecule has 3 aliphatic heterocycles. The lowest BCUT2D eigenvalue weighted by Gasteiger charge is -2.45. The Morgan fingerprint density at radius 2 is 2.13 bits per heavy atom. The molecule has 3 saturated heterocycles. The summed E-state index contributed by atoms with van der Waals surface area (Å²) < 4.78 is 0. The molecule has 15 heavy (non-hydrogen) atoms. The Hall–Kier alpha value is -0.650. The zero-order valence-electron chi connectivity index (χ0n) is 8.98. The number of hydrogen-bond donors (Lipinski definition) is 3. The monoisotopic (exact) mass is 212 g/mol. The van der Waals surface area contributed by atoms with Crippen molar-refractivity contribution in [3.63, 3.8) is 0 Å². The van der Waals surface area contributed by atoms with Crippen LogP contribution in [0.25, 0.3) is 0 Å². The van der Waals surface area contributed by atoms with Crippen LogP contribution in [0.15, 0.2) is 0 Å². The largest absolute Gasteiger partial charge is 0.368 e. The number of carbonyl (C=O) groups excluding carboxylic acids is 1. The minimum absolute atomic E-state index is 0.427. The van der Waals surface area contributed by atoms with Gasteiger partial charge in [0.25, 0.3) is 0 Å². The van der Waals surface area contributed by atoms with Crippen molar-refractivity contribution >= 4 is 5.91 Å². The summed E-state index contributed by atoms with van der Waals surface area (Å²) in [5.41, 5.74) is 10.7. The molecule has 0 saturated carbocycles. The average molecular weight is 212 g/mol. The number of carbonyl (C=O) groups is 1. The maximum absolute atomic E-state index is 10.8. The molecule has 1 amide bonds. The van der Waals surface area contributed by atoms with E-state index in [-0.39, 0.29) is 0 Å². The molecule has 0 aromatic rings. The number of amides is 1. The number of hydrogen-bond acceptors (Lipinski definition) is 4. The van der Waals surface area contributed by atoms with Gasteiger partial charge in [0.15, 0.2) is 0 Å². The maximum Gasteiger partial charge on any atom is 0.235 e. The van der Waals surface area contributed by atoms with Crippen LogP contribution >= 0.6 is 0 Å². The van der Waals surface area contributed by atoms with Crippen LogP contribution in [0.5, 0.6) is 0 Å². The number of rotatable bonds is 4. The normalized spacial score (nSPS) is 36.5. The summed E-state index contributed by atoms with van der Waals surface area (Å²) in [6.45, 7) is 4.05. The summed E-state index contributed by atoms with van der Waals surface area (Å²) in [4.78, 5) is 13.2. The van der Waals surface area contributed by atoms with Crippen molar-refractivity contribution in [2.75, 3.05) is 26.2 Å². The summed E-state index contributed by atoms with van der Waals surface area (Å²) in [5.74, 6) is 0.332. The lowest BCUT2D eigenvalue weighted by Crippen LogP contribution is -2.58. The van der Waals surface area contributed by atoms with Crippen molar-refractivity contribution in [3.05, 3.63) is 0 Å². The summed E-state index contributed by atoms with van der Waals surface area (Å²) >= 11 is 0. The number of primary amides is 1. The zero-order valence-corrected chi connectivity index (χ0v) is 8.98. The lowest BCUT2D eigenvalue weighted by molar-refractivity contribution is -0.119. The highest BCUT2D eigenvalue weighted by atomic mass is 16.1. The number of nitrogens with zero attached hydrogens (tertiary/aromatic N) is 1. The quantitative estimate of drug-likeness (QED) is 0.528. The molecule has 0 spiro atoms. The Kier molecular flexibility index (Phi) is 3.23. The summed E-state index contributed by atoms with van der Waals surface area (Å²) in [6, 6.07) is -0.0571. The first-order valence-electron chi connectivity index (χ1n) is 5.67. The summed E-state index contributed by atoms with van der Waals surface area (Å²) in [6.07, 6.45) is 2.53. The van der Waals surface area contributed by atoms with E-state index in [2.05, 4.69) is 10.2 Å². The van der Waals surface area contributed by atoms with Crippen molar-refractivity contribution in [3.8, 4) is 0 Å². The smallest absolute Gasteiger partial charge is 0.235 e. The van der Waals surface area contributed by atoms with Gasteiger partial charge in [0, 0.05) is 19.1 Å². The van der Waals surface area contributed by atoms with Crippen molar-refractivity contribution < 1.29 is 4.79 Å². The Bertz CT molecular complexity index is 238. The van der Waals surface area contributed by atoms with Crippen LogP contribution in [-0.4, -0.2) is 49.1 Å². The molecular formula is C10H20N4O. The zero-order chi connectivity index (χ0) is 10.8. The molecule has 3 aliphatic rings. The van der Waals surface area contributed by atoms with Gasteiger partial charge in [0.1, 0.15) is 0 Å². The number of fused-ring (bicyclic) bond motifs is 3. The van der Waals surface area contributed by atoms with E-state index < -0.39 is 11.9 Å². The van der Waals surface area contributed by atoms with E-state index >= 15 is 0 Å². The Morgan fingerprint density at radius 1 is 1.47 bits per heavy atom. The van der Waals surface area contributed by atoms with E-state index in [4.69, 9.17) is 11.5 Å². The van der Waals surface area contributed by atoms with E-state index in [0.717, 1.165) is 12.5 Å². The second-order valence-corrected chi connectivity index (χ2v) is 4.66. The van der Waals surface area contributed by atoms with E-state index in [0.29, 0.717) is 12.6 Å². The highest BCUT2D eigenvalue weighted by Crippen LogP contribution is 2.27. The van der Waals surface area contributed by atoms with Crippen LogP contribution in [0.2, 0.25) is 0 Å². The van der Waals surface area contributed by atoms with Gasteiger partial charge in [-0.1, -0.05) is 0 Å². The Labute approximate surface area is 90.2 Å². The lowest BCUT2D eigenvalue weighted by atomic mass is 9.84. The third kappa shape index (κ3) is 2.48. The van der Waals surface area contributed by atoms with Crippen molar-refractivity contribution in [1.29, 1.82) is 0 Å². The van der Waals surface area contributed by atoms with Gasteiger partial charge in [-0.15, -0.1) is 0 Å². The van der Waals surface area contributed by atoms with Gasteiger partial charge in [-0.2, -0.15) is 0 Å². The van der Waals surface area contributed by atoms with Crippen LogP contribution in [0.3, 0.4) is 0 Å². The highest BCUT2D eigenvalue weighted by Gasteiger charge is 2.33. The number of piperidine rings is 3. The minimum Gasteiger partial charge on any atom is -0.368 e. The Morgan fingerprint density at radius 3 is 2.60 bits per heavy atom. The minimum atomic E-state index is -0.555. The molecule has 2 atom stereocenters. The maximum atomic E-state index is 10.8. The first kappa shape index (κ1) is 10.9. The molecule has 0 aromatic heterocycles.